The maximum atomic E-state index is 6.05. The van der Waals surface area contributed by atoms with Crippen molar-refractivity contribution in [1.29, 1.82) is 0 Å². The first kappa shape index (κ1) is 23.0. The van der Waals surface area contributed by atoms with Gasteiger partial charge in [0.1, 0.15) is 17.6 Å². The molecule has 0 fully saturated rings. The Bertz CT molecular complexity index is 1700. The quantitative estimate of drug-likeness (QED) is 0.274. The average molecular weight is 515 g/mol. The van der Waals surface area contributed by atoms with Crippen LogP contribution in [0.25, 0.3) is 5.69 Å². The second-order valence-corrected chi connectivity index (χ2v) is 9.32. The summed E-state index contributed by atoms with van der Waals surface area (Å²) >= 11 is 0. The number of benzene rings is 3. The van der Waals surface area contributed by atoms with Crippen LogP contribution in [-0.4, -0.2) is 28.1 Å². The lowest BCUT2D eigenvalue weighted by Crippen LogP contribution is -2.46. The van der Waals surface area contributed by atoms with E-state index in [9.17, 15) is 0 Å². The van der Waals surface area contributed by atoms with E-state index in [2.05, 4.69) is 16.3 Å². The largest absolute Gasteiger partial charge is 0.494 e. The molecule has 3 aromatic carbocycles. The zero-order valence-electron chi connectivity index (χ0n) is 21.6. The van der Waals surface area contributed by atoms with E-state index in [0.717, 1.165) is 51.3 Å². The Kier molecular flexibility index (Phi) is 5.51. The Morgan fingerprint density at radius 2 is 1.69 bits per heavy atom. The van der Waals surface area contributed by atoms with Crippen molar-refractivity contribution >= 4 is 34.6 Å². The molecule has 0 saturated carbocycles. The van der Waals surface area contributed by atoms with E-state index in [1.807, 2.05) is 103 Å². The molecular weight excluding hydrogens is 488 g/mol. The molecule has 0 saturated heterocycles. The van der Waals surface area contributed by atoms with Crippen LogP contribution >= 0.6 is 0 Å². The molecule has 2 aliphatic heterocycles. The van der Waals surface area contributed by atoms with Crippen molar-refractivity contribution < 1.29 is 9.15 Å². The van der Waals surface area contributed by atoms with Crippen LogP contribution in [0.3, 0.4) is 0 Å². The molecule has 0 spiro atoms. The molecule has 7 rings (SSSR count). The monoisotopic (exact) mass is 514 g/mol. The molecule has 0 radical (unpaired) electrons. The summed E-state index contributed by atoms with van der Waals surface area (Å²) in [7, 11) is 0. The minimum atomic E-state index is -0.284. The smallest absolute Gasteiger partial charge is 0.179 e. The summed E-state index contributed by atoms with van der Waals surface area (Å²) in [5.74, 6) is 3.70. The maximum absolute atomic E-state index is 6.05. The molecular formula is C31H26N6O2. The van der Waals surface area contributed by atoms with E-state index in [1.54, 1.807) is 6.26 Å². The maximum Gasteiger partial charge on any atom is 0.179 e. The highest BCUT2D eigenvalue weighted by Gasteiger charge is 2.42. The van der Waals surface area contributed by atoms with Crippen LogP contribution in [0.15, 0.2) is 112 Å². The van der Waals surface area contributed by atoms with Gasteiger partial charge in [-0.05, 0) is 74.5 Å². The van der Waals surface area contributed by atoms with Gasteiger partial charge in [0.05, 0.1) is 41.2 Å². The van der Waals surface area contributed by atoms with E-state index in [1.165, 1.54) is 0 Å². The minimum Gasteiger partial charge on any atom is -0.494 e. The van der Waals surface area contributed by atoms with Crippen LogP contribution in [-0.2, 0) is 0 Å². The fourth-order valence-electron chi connectivity index (χ4n) is 5.20. The molecule has 0 unspecified atom stereocenters. The second-order valence-electron chi connectivity index (χ2n) is 9.32. The molecule has 0 amide bonds. The number of ether oxygens (including phenoxy) is 1. The molecule has 5 aromatic rings. The van der Waals surface area contributed by atoms with E-state index < -0.39 is 0 Å². The lowest BCUT2D eigenvalue weighted by atomic mass is 9.98. The van der Waals surface area contributed by atoms with Gasteiger partial charge in [-0.2, -0.15) is 5.10 Å². The third kappa shape index (κ3) is 3.88. The molecule has 2 aliphatic rings. The Morgan fingerprint density at radius 3 is 2.46 bits per heavy atom. The Balaban J connectivity index is 1.43. The summed E-state index contributed by atoms with van der Waals surface area (Å²) in [6.07, 6.45) is 1.71. The number of furan rings is 1. The van der Waals surface area contributed by atoms with Gasteiger partial charge >= 0.3 is 0 Å². The highest BCUT2D eigenvalue weighted by molar-refractivity contribution is 6.51. The Hall–Kier alpha value is -5.11. The fourth-order valence-corrected chi connectivity index (χ4v) is 5.20. The molecule has 0 bridgehead atoms. The SMILES string of the molecule is CCOc1ccc(NC2=Nc3ccccc3N3C2=Nc2c(c(C)nn2-c2ccccc2)[C@H]3c2ccco2)cc1. The number of aliphatic imine (C=N–C) groups is 2. The van der Waals surface area contributed by atoms with Gasteiger partial charge in [-0.25, -0.2) is 14.7 Å². The van der Waals surface area contributed by atoms with Crippen LogP contribution in [0.4, 0.5) is 22.9 Å². The number of amidine groups is 2. The topological polar surface area (TPSA) is 80.2 Å². The van der Waals surface area contributed by atoms with Gasteiger partial charge in [0, 0.05) is 5.69 Å². The molecule has 1 N–H and O–H groups in total. The van der Waals surface area contributed by atoms with Gasteiger partial charge in [0.15, 0.2) is 17.5 Å². The van der Waals surface area contributed by atoms with Crippen LogP contribution in [0, 0.1) is 6.92 Å². The van der Waals surface area contributed by atoms with Crippen molar-refractivity contribution in [3.63, 3.8) is 0 Å². The normalized spacial score (nSPS) is 15.5. The van der Waals surface area contributed by atoms with Crippen LogP contribution in [0.1, 0.15) is 30.0 Å². The van der Waals surface area contributed by atoms with Crippen LogP contribution < -0.4 is 15.0 Å². The number of fused-ring (bicyclic) bond motifs is 4. The molecule has 2 aromatic heterocycles. The van der Waals surface area contributed by atoms with Gasteiger partial charge in [0.2, 0.25) is 0 Å². The predicted octanol–water partition coefficient (Wildman–Crippen LogP) is 6.97. The first-order valence-corrected chi connectivity index (χ1v) is 13.0. The van der Waals surface area contributed by atoms with Gasteiger partial charge in [-0.3, -0.25) is 0 Å². The van der Waals surface area contributed by atoms with E-state index >= 15 is 0 Å². The average Bonchev–Trinajstić information content (AvgIpc) is 3.62. The molecule has 8 nitrogen and oxygen atoms in total. The van der Waals surface area contributed by atoms with Crippen molar-refractivity contribution in [1.82, 2.24) is 9.78 Å². The fraction of sp³-hybridized carbons (Fsp3) is 0.129. The number of rotatable bonds is 5. The van der Waals surface area contributed by atoms with Gasteiger partial charge in [-0.1, -0.05) is 30.3 Å². The standard InChI is InChI=1S/C31H26N6O2/c1-3-38-23-17-15-21(16-18-23)32-29-31-34-30-27(20(2)35-37(30)22-10-5-4-6-11-22)28(26-14-9-19-39-26)36(31)25-13-8-7-12-24(25)33-29/h4-19,28H,3H2,1-2H3,(H,32,33)/t28-/m1/s1. The van der Waals surface area contributed by atoms with Crippen molar-refractivity contribution in [2.75, 3.05) is 16.8 Å². The summed E-state index contributed by atoms with van der Waals surface area (Å²) < 4.78 is 13.6. The summed E-state index contributed by atoms with van der Waals surface area (Å²) in [6, 6.07) is 29.7. The summed E-state index contributed by atoms with van der Waals surface area (Å²) in [5, 5.41) is 8.45. The van der Waals surface area contributed by atoms with Crippen LogP contribution in [0.2, 0.25) is 0 Å². The second kappa shape index (κ2) is 9.33. The minimum absolute atomic E-state index is 0.284. The number of hydrogen-bond donors (Lipinski definition) is 1. The van der Waals surface area contributed by atoms with Crippen molar-refractivity contribution in [2.45, 2.75) is 19.9 Å². The lowest BCUT2D eigenvalue weighted by Gasteiger charge is -2.39. The zero-order valence-corrected chi connectivity index (χ0v) is 21.6. The van der Waals surface area contributed by atoms with Crippen molar-refractivity contribution in [3.05, 3.63) is 114 Å². The number of aromatic nitrogens is 2. The van der Waals surface area contributed by atoms with E-state index in [0.29, 0.717) is 18.3 Å². The number of nitrogens with one attached hydrogen (secondary N) is 1. The highest BCUT2D eigenvalue weighted by Crippen LogP contribution is 2.48. The zero-order chi connectivity index (χ0) is 26.3. The summed E-state index contributed by atoms with van der Waals surface area (Å²) in [6.45, 7) is 4.62. The molecule has 1 atom stereocenters. The lowest BCUT2D eigenvalue weighted by molar-refractivity contribution is 0.340. The molecule has 8 heteroatoms. The summed E-state index contributed by atoms with van der Waals surface area (Å²) in [4.78, 5) is 12.5. The van der Waals surface area contributed by atoms with Crippen LogP contribution in [0.5, 0.6) is 5.75 Å². The third-order valence-electron chi connectivity index (χ3n) is 6.88. The third-order valence-corrected chi connectivity index (χ3v) is 6.88. The molecule has 192 valence electrons. The molecule has 0 aliphatic carbocycles. The molecule has 39 heavy (non-hydrogen) atoms. The molecule has 4 heterocycles. The Labute approximate surface area is 225 Å². The summed E-state index contributed by atoms with van der Waals surface area (Å²) in [5.41, 5.74) is 5.50. The predicted molar refractivity (Wildman–Crippen MR) is 153 cm³/mol. The van der Waals surface area contributed by atoms with Gasteiger partial charge in [-0.15, -0.1) is 0 Å². The Morgan fingerprint density at radius 1 is 0.897 bits per heavy atom. The number of aryl methyl sites for hydroxylation is 1. The van der Waals surface area contributed by atoms with E-state index in [4.69, 9.17) is 24.2 Å². The van der Waals surface area contributed by atoms with Crippen molar-refractivity contribution in [3.8, 4) is 11.4 Å². The number of nitrogens with zero attached hydrogens (tertiary/aromatic N) is 5. The number of hydrogen-bond acceptors (Lipinski definition) is 7. The van der Waals surface area contributed by atoms with Gasteiger partial charge in [0.25, 0.3) is 0 Å². The van der Waals surface area contributed by atoms with Gasteiger partial charge < -0.3 is 19.4 Å². The first-order valence-electron chi connectivity index (χ1n) is 13.0. The first-order chi connectivity index (χ1) is 19.2. The number of para-hydroxylation sites is 3. The van der Waals surface area contributed by atoms with Crippen molar-refractivity contribution in [2.24, 2.45) is 9.98 Å². The highest BCUT2D eigenvalue weighted by atomic mass is 16.5. The number of anilines is 2. The van der Waals surface area contributed by atoms with E-state index in [-0.39, 0.29) is 6.04 Å².